The smallest absolute Gasteiger partial charge is 0.136 e. The highest BCUT2D eigenvalue weighted by molar-refractivity contribution is 6.12. The lowest BCUT2D eigenvalue weighted by Crippen LogP contribution is -2.26. The highest BCUT2D eigenvalue weighted by atomic mass is 16.3. The van der Waals surface area contributed by atoms with Crippen molar-refractivity contribution < 1.29 is 4.42 Å². The fourth-order valence-corrected chi connectivity index (χ4v) is 11.5. The molecule has 0 saturated heterocycles. The zero-order valence-corrected chi connectivity index (χ0v) is 36.5. The van der Waals surface area contributed by atoms with E-state index in [0.29, 0.717) is 0 Å². The topological polar surface area (TPSA) is 16.4 Å². The van der Waals surface area contributed by atoms with Crippen molar-refractivity contribution in [2.45, 2.75) is 5.41 Å². The van der Waals surface area contributed by atoms with Gasteiger partial charge >= 0.3 is 0 Å². The summed E-state index contributed by atoms with van der Waals surface area (Å²) in [4.78, 5) is 2.44. The number of hydrogen-bond donors (Lipinski definition) is 0. The molecule has 0 fully saturated rings. The minimum absolute atomic E-state index is 0.455. The van der Waals surface area contributed by atoms with E-state index in [-0.39, 0.29) is 0 Å². The van der Waals surface area contributed by atoms with Crippen molar-refractivity contribution in [1.82, 2.24) is 0 Å². The second kappa shape index (κ2) is 14.7. The molecule has 67 heavy (non-hydrogen) atoms. The molecular formula is C65H41NO. The number of furan rings is 1. The molecule has 2 heteroatoms. The quantitative estimate of drug-likeness (QED) is 0.166. The normalized spacial score (nSPS) is 12.9. The van der Waals surface area contributed by atoms with Gasteiger partial charge in [-0.15, -0.1) is 0 Å². The van der Waals surface area contributed by atoms with Crippen molar-refractivity contribution in [2.75, 3.05) is 4.90 Å². The molecule has 0 amide bonds. The summed E-state index contributed by atoms with van der Waals surface area (Å²) in [6, 6.07) is 91.4. The molecule has 0 unspecified atom stereocenters. The van der Waals surface area contributed by atoms with E-state index in [9.17, 15) is 0 Å². The van der Waals surface area contributed by atoms with E-state index in [2.05, 4.69) is 248 Å². The molecule has 0 N–H and O–H groups in total. The number of anilines is 3. The molecule has 1 spiro atoms. The van der Waals surface area contributed by atoms with Gasteiger partial charge in [-0.2, -0.15) is 0 Å². The van der Waals surface area contributed by atoms with Crippen LogP contribution in [0.4, 0.5) is 17.1 Å². The zero-order valence-electron chi connectivity index (χ0n) is 36.5. The molecule has 14 rings (SSSR count). The van der Waals surface area contributed by atoms with Crippen LogP contribution in [0.2, 0.25) is 0 Å². The summed E-state index contributed by atoms with van der Waals surface area (Å²) < 4.78 is 6.38. The molecule has 1 heterocycles. The van der Waals surface area contributed by atoms with E-state index >= 15 is 0 Å². The van der Waals surface area contributed by atoms with Gasteiger partial charge in [0.2, 0.25) is 0 Å². The van der Waals surface area contributed by atoms with Gasteiger partial charge < -0.3 is 9.32 Å². The number of para-hydroxylation sites is 1. The maximum atomic E-state index is 6.38. The van der Waals surface area contributed by atoms with E-state index < -0.39 is 5.41 Å². The molecule has 0 saturated carbocycles. The van der Waals surface area contributed by atoms with Crippen molar-refractivity contribution in [3.05, 3.63) is 271 Å². The van der Waals surface area contributed by atoms with Gasteiger partial charge in [-0.25, -0.2) is 0 Å². The molecule has 2 nitrogen and oxygen atoms in total. The summed E-state index contributed by atoms with van der Waals surface area (Å²) in [6.07, 6.45) is 0. The first-order valence-electron chi connectivity index (χ1n) is 23.2. The maximum Gasteiger partial charge on any atom is 0.136 e. The van der Waals surface area contributed by atoms with E-state index in [1.54, 1.807) is 0 Å². The number of nitrogens with zero attached hydrogens (tertiary/aromatic N) is 1. The van der Waals surface area contributed by atoms with Gasteiger partial charge in [-0.1, -0.05) is 194 Å². The van der Waals surface area contributed by atoms with Gasteiger partial charge in [0, 0.05) is 27.8 Å². The number of fused-ring (bicyclic) bond motifs is 14. The molecule has 0 bridgehead atoms. The molecule has 312 valence electrons. The average Bonchev–Trinajstić information content (AvgIpc) is 4.03. The highest BCUT2D eigenvalue weighted by Crippen LogP contribution is 2.63. The van der Waals surface area contributed by atoms with Gasteiger partial charge in [0.25, 0.3) is 0 Å². The van der Waals surface area contributed by atoms with Crippen molar-refractivity contribution in [2.24, 2.45) is 0 Å². The standard InChI is InChI=1S/C65H41NO/c1-2-14-46-39-47(32-31-42(46)13-1)45-29-27-43(28-30-45)44-33-35-49(36-34-44)66(50-16-11-15-48(40-50)52-21-12-26-63-64(52)57-20-6-10-25-62(57)67-63)51-37-38-56-55-19-5-9-24-60(55)65(61(56)41-51)58-22-7-3-17-53(58)54-18-4-8-23-59(54)65/h1-41H. The van der Waals surface area contributed by atoms with Crippen LogP contribution in [0.1, 0.15) is 22.3 Å². The van der Waals surface area contributed by atoms with Crippen molar-refractivity contribution in [1.29, 1.82) is 0 Å². The lowest BCUT2D eigenvalue weighted by molar-refractivity contribution is 0.669. The Kier molecular flexibility index (Phi) is 8.23. The highest BCUT2D eigenvalue weighted by Gasteiger charge is 2.51. The molecule has 0 aliphatic heterocycles. The van der Waals surface area contributed by atoms with Crippen molar-refractivity contribution in [3.63, 3.8) is 0 Å². The molecule has 2 aliphatic rings. The van der Waals surface area contributed by atoms with E-state index in [1.807, 2.05) is 6.07 Å². The van der Waals surface area contributed by atoms with Crippen LogP contribution in [-0.4, -0.2) is 0 Å². The third-order valence-corrected chi connectivity index (χ3v) is 14.5. The molecule has 1 aromatic heterocycles. The van der Waals surface area contributed by atoms with Crippen LogP contribution in [0, 0.1) is 0 Å². The lowest BCUT2D eigenvalue weighted by atomic mass is 9.70. The van der Waals surface area contributed by atoms with Crippen LogP contribution >= 0.6 is 0 Å². The molecule has 12 aromatic rings. The first-order valence-corrected chi connectivity index (χ1v) is 23.2. The van der Waals surface area contributed by atoms with Crippen LogP contribution in [0.15, 0.2) is 253 Å². The van der Waals surface area contributed by atoms with Crippen LogP contribution < -0.4 is 4.90 Å². The van der Waals surface area contributed by atoms with Crippen LogP contribution in [0.25, 0.3) is 88.3 Å². The van der Waals surface area contributed by atoms with E-state index in [1.165, 1.54) is 77.5 Å². The average molecular weight is 852 g/mol. The number of benzene rings is 11. The summed E-state index contributed by atoms with van der Waals surface area (Å²) in [5.74, 6) is 0. The zero-order chi connectivity index (χ0) is 44.1. The Morgan fingerprint density at radius 3 is 1.51 bits per heavy atom. The SMILES string of the molecule is c1cc(-c2cccc3oc4ccccc4c23)cc(N(c2ccc(-c3ccc(-c4ccc5ccccc5c4)cc3)cc2)c2ccc3c(c2)C2(c4ccccc4-c4ccccc42)c2ccccc2-3)c1. The molecule has 0 atom stereocenters. The first-order chi connectivity index (χ1) is 33.2. The van der Waals surface area contributed by atoms with E-state index in [0.717, 1.165) is 50.1 Å². The summed E-state index contributed by atoms with van der Waals surface area (Å²) >= 11 is 0. The molecule has 0 radical (unpaired) electrons. The number of rotatable bonds is 6. The second-order valence-electron chi connectivity index (χ2n) is 18.0. The Morgan fingerprint density at radius 1 is 0.284 bits per heavy atom. The minimum atomic E-state index is -0.455. The Bertz CT molecular complexity index is 3870. The summed E-state index contributed by atoms with van der Waals surface area (Å²) in [7, 11) is 0. The van der Waals surface area contributed by atoms with Gasteiger partial charge in [-0.3, -0.25) is 0 Å². The van der Waals surface area contributed by atoms with Crippen molar-refractivity contribution in [3.8, 4) is 55.6 Å². The summed E-state index contributed by atoms with van der Waals surface area (Å²) in [6.45, 7) is 0. The fourth-order valence-electron chi connectivity index (χ4n) is 11.5. The van der Waals surface area contributed by atoms with Crippen LogP contribution in [0.3, 0.4) is 0 Å². The fraction of sp³-hybridized carbons (Fsp3) is 0.0154. The Hall–Kier alpha value is -8.72. The van der Waals surface area contributed by atoms with E-state index in [4.69, 9.17) is 4.42 Å². The predicted octanol–water partition coefficient (Wildman–Crippen LogP) is 17.6. The van der Waals surface area contributed by atoms with Crippen LogP contribution in [-0.2, 0) is 5.41 Å². The van der Waals surface area contributed by atoms with Crippen molar-refractivity contribution >= 4 is 49.8 Å². The third kappa shape index (κ3) is 5.63. The minimum Gasteiger partial charge on any atom is -0.456 e. The lowest BCUT2D eigenvalue weighted by Gasteiger charge is -2.32. The predicted molar refractivity (Wildman–Crippen MR) is 279 cm³/mol. The Labute approximate surface area is 389 Å². The van der Waals surface area contributed by atoms with Crippen LogP contribution in [0.5, 0.6) is 0 Å². The largest absolute Gasteiger partial charge is 0.456 e. The summed E-state index contributed by atoms with van der Waals surface area (Å²) in [5.41, 5.74) is 22.1. The summed E-state index contributed by atoms with van der Waals surface area (Å²) in [5, 5.41) is 4.76. The third-order valence-electron chi connectivity index (χ3n) is 14.5. The first kappa shape index (κ1) is 37.6. The van der Waals surface area contributed by atoms with Gasteiger partial charge in [0.1, 0.15) is 11.2 Å². The van der Waals surface area contributed by atoms with Gasteiger partial charge in [0.05, 0.1) is 5.41 Å². The molecule has 2 aliphatic carbocycles. The second-order valence-corrected chi connectivity index (χ2v) is 18.0. The Balaban J connectivity index is 0.928. The molecule has 11 aromatic carbocycles. The maximum absolute atomic E-state index is 6.38. The van der Waals surface area contributed by atoms with Gasteiger partial charge in [-0.05, 0) is 143 Å². The van der Waals surface area contributed by atoms with Gasteiger partial charge in [0.15, 0.2) is 0 Å². The Morgan fingerprint density at radius 2 is 0.791 bits per heavy atom. The number of hydrogen-bond acceptors (Lipinski definition) is 2. The molecular weight excluding hydrogens is 811 g/mol. The monoisotopic (exact) mass is 851 g/mol.